The van der Waals surface area contributed by atoms with E-state index in [-0.39, 0.29) is 36.1 Å². The third-order valence-electron chi connectivity index (χ3n) is 4.19. The van der Waals surface area contributed by atoms with E-state index in [4.69, 9.17) is 13.8 Å². The molecule has 9 heteroatoms. The third kappa shape index (κ3) is 7.24. The van der Waals surface area contributed by atoms with Crippen LogP contribution in [0.5, 0.6) is 11.5 Å². The van der Waals surface area contributed by atoms with Crippen LogP contribution in [0, 0.1) is 20.8 Å². The highest BCUT2D eigenvalue weighted by molar-refractivity contribution is 14.1. The Kier molecular flexibility index (Phi) is 8.29. The van der Waals surface area contributed by atoms with E-state index in [1.54, 1.807) is 42.5 Å². The standard InChI is InChI=1S/C22H20IN2O5P/c23-19-11-12-21(18(13-19)14-24)30-31(27,29-20-9-5-2-6-10-20)25-15-22(26)28-16-17-7-3-1-4-8-17/h1-7,9-13,17H,8,15-16H2,(H,25,27). The Labute approximate surface area is 194 Å². The van der Waals surface area contributed by atoms with E-state index < -0.39 is 13.7 Å². The Hall–Kier alpha value is -2.60. The molecule has 0 fully saturated rings. The summed E-state index contributed by atoms with van der Waals surface area (Å²) in [4.78, 5) is 12.2. The van der Waals surface area contributed by atoms with Crippen LogP contribution in [0.1, 0.15) is 12.0 Å². The highest BCUT2D eigenvalue weighted by Gasteiger charge is 2.31. The van der Waals surface area contributed by atoms with E-state index in [9.17, 15) is 14.6 Å². The zero-order chi connectivity index (χ0) is 22.1. The van der Waals surface area contributed by atoms with E-state index in [2.05, 4.69) is 27.7 Å². The summed E-state index contributed by atoms with van der Waals surface area (Å²) in [5.74, 6) is -0.105. The van der Waals surface area contributed by atoms with Gasteiger partial charge in [0.1, 0.15) is 24.1 Å². The third-order valence-corrected chi connectivity index (χ3v) is 6.30. The molecule has 2 aromatic carbocycles. The van der Waals surface area contributed by atoms with E-state index in [1.165, 1.54) is 6.07 Å². The molecule has 0 saturated carbocycles. The lowest BCUT2D eigenvalue weighted by Crippen LogP contribution is -2.27. The fraction of sp³-hybridized carbons (Fsp3) is 0.182. The normalized spacial score (nSPS) is 16.7. The lowest BCUT2D eigenvalue weighted by Gasteiger charge is -2.21. The molecule has 0 spiro atoms. The Balaban J connectivity index is 1.69. The number of hydrogen-bond donors (Lipinski definition) is 1. The first kappa shape index (κ1) is 23.1. The summed E-state index contributed by atoms with van der Waals surface area (Å²) in [6.45, 7) is -0.162. The summed E-state index contributed by atoms with van der Waals surface area (Å²) in [6, 6.07) is 15.3. The van der Waals surface area contributed by atoms with Gasteiger partial charge in [0.2, 0.25) is 0 Å². The number of halogens is 1. The second-order valence-corrected chi connectivity index (χ2v) is 9.49. The predicted octanol–water partition coefficient (Wildman–Crippen LogP) is 4.99. The van der Waals surface area contributed by atoms with Gasteiger partial charge in [0.25, 0.3) is 0 Å². The number of rotatable bonds is 9. The molecule has 7 nitrogen and oxygen atoms in total. The summed E-state index contributed by atoms with van der Waals surface area (Å²) < 4.78 is 30.7. The summed E-state index contributed by atoms with van der Waals surface area (Å²) in [5.41, 5.74) is 0.199. The summed E-state index contributed by atoms with van der Waals surface area (Å²) >= 11 is 2.06. The van der Waals surface area contributed by atoms with Gasteiger partial charge in [0, 0.05) is 9.49 Å². The van der Waals surface area contributed by atoms with Crippen LogP contribution in [-0.4, -0.2) is 19.1 Å². The van der Waals surface area contributed by atoms with Gasteiger partial charge in [-0.15, -0.1) is 0 Å². The van der Waals surface area contributed by atoms with Gasteiger partial charge in [-0.3, -0.25) is 4.79 Å². The molecular weight excluding hydrogens is 530 g/mol. The predicted molar refractivity (Wildman–Crippen MR) is 125 cm³/mol. The van der Waals surface area contributed by atoms with Crippen LogP contribution in [0.4, 0.5) is 0 Å². The number of nitriles is 1. The molecule has 2 unspecified atom stereocenters. The van der Waals surface area contributed by atoms with Gasteiger partial charge >= 0.3 is 13.7 Å². The number of ether oxygens (including phenoxy) is 1. The number of carbonyl (C=O) groups is 1. The van der Waals surface area contributed by atoms with Crippen LogP contribution in [0.3, 0.4) is 0 Å². The van der Waals surface area contributed by atoms with Gasteiger partial charge < -0.3 is 13.8 Å². The van der Waals surface area contributed by atoms with Crippen LogP contribution in [0.25, 0.3) is 0 Å². The topological polar surface area (TPSA) is 97.7 Å². The fourth-order valence-corrected chi connectivity index (χ4v) is 4.47. The molecule has 1 aliphatic rings. The minimum atomic E-state index is -4.06. The molecule has 0 heterocycles. The molecule has 0 aromatic heterocycles. The summed E-state index contributed by atoms with van der Waals surface area (Å²) in [6.07, 6.45) is 8.60. The minimum Gasteiger partial charge on any atom is -0.464 e. The summed E-state index contributed by atoms with van der Waals surface area (Å²) in [7, 11) is -4.06. The zero-order valence-electron chi connectivity index (χ0n) is 16.4. The van der Waals surface area contributed by atoms with E-state index >= 15 is 0 Å². The first-order valence-corrected chi connectivity index (χ1v) is 12.1. The lowest BCUT2D eigenvalue weighted by molar-refractivity contribution is -0.143. The van der Waals surface area contributed by atoms with Crippen LogP contribution >= 0.6 is 30.3 Å². The van der Waals surface area contributed by atoms with Crippen molar-refractivity contribution in [3.8, 4) is 17.6 Å². The van der Waals surface area contributed by atoms with Crippen LogP contribution in [0.2, 0.25) is 0 Å². The number of para-hydroxylation sites is 1. The van der Waals surface area contributed by atoms with Crippen LogP contribution < -0.4 is 14.1 Å². The number of esters is 1. The number of carbonyl (C=O) groups excluding carboxylic acids is 1. The van der Waals surface area contributed by atoms with Crippen molar-refractivity contribution in [3.63, 3.8) is 0 Å². The Morgan fingerprint density at radius 1 is 1.19 bits per heavy atom. The van der Waals surface area contributed by atoms with Crippen molar-refractivity contribution in [2.24, 2.45) is 5.92 Å². The second-order valence-electron chi connectivity index (χ2n) is 6.57. The molecule has 31 heavy (non-hydrogen) atoms. The van der Waals surface area contributed by atoms with Gasteiger partial charge in [-0.05, 0) is 59.3 Å². The first-order chi connectivity index (χ1) is 15.0. The Bertz CT molecular complexity index is 1070. The van der Waals surface area contributed by atoms with E-state index in [0.717, 1.165) is 9.99 Å². The highest BCUT2D eigenvalue weighted by Crippen LogP contribution is 2.45. The van der Waals surface area contributed by atoms with Gasteiger partial charge in [-0.2, -0.15) is 10.3 Å². The van der Waals surface area contributed by atoms with Crippen LogP contribution in [0.15, 0.2) is 72.8 Å². The van der Waals surface area contributed by atoms with Crippen molar-refractivity contribution in [1.82, 2.24) is 5.09 Å². The van der Waals surface area contributed by atoms with Crippen molar-refractivity contribution in [2.45, 2.75) is 6.42 Å². The lowest BCUT2D eigenvalue weighted by atomic mass is 10.0. The van der Waals surface area contributed by atoms with Gasteiger partial charge in [-0.1, -0.05) is 42.5 Å². The fourth-order valence-electron chi connectivity index (χ4n) is 2.67. The maximum absolute atomic E-state index is 13.4. The Morgan fingerprint density at radius 3 is 2.71 bits per heavy atom. The maximum Gasteiger partial charge on any atom is 0.513 e. The molecule has 0 saturated heterocycles. The summed E-state index contributed by atoms with van der Waals surface area (Å²) in [5, 5.41) is 11.9. The second kappa shape index (κ2) is 11.1. The molecule has 1 aliphatic carbocycles. The monoisotopic (exact) mass is 550 g/mol. The quantitative estimate of drug-likeness (QED) is 0.267. The van der Waals surface area contributed by atoms with Gasteiger partial charge in [0.15, 0.2) is 0 Å². The van der Waals surface area contributed by atoms with Crippen molar-refractivity contribution in [2.75, 3.05) is 13.2 Å². The van der Waals surface area contributed by atoms with Crippen LogP contribution in [-0.2, 0) is 14.1 Å². The molecule has 160 valence electrons. The van der Waals surface area contributed by atoms with Crippen molar-refractivity contribution >= 4 is 36.3 Å². The molecule has 3 rings (SSSR count). The molecular formula is C22H20IN2O5P. The molecule has 1 N–H and O–H groups in total. The average Bonchev–Trinajstić information content (AvgIpc) is 2.79. The Morgan fingerprint density at radius 2 is 2.00 bits per heavy atom. The van der Waals surface area contributed by atoms with Gasteiger partial charge in [-0.25, -0.2) is 4.57 Å². The number of allylic oxidation sites excluding steroid dienone is 3. The molecule has 0 aliphatic heterocycles. The molecule has 2 atom stereocenters. The molecule has 2 aromatic rings. The van der Waals surface area contributed by atoms with Crippen molar-refractivity contribution in [3.05, 3.63) is 82.0 Å². The maximum atomic E-state index is 13.4. The number of hydrogen-bond acceptors (Lipinski definition) is 6. The average molecular weight is 550 g/mol. The zero-order valence-corrected chi connectivity index (χ0v) is 19.5. The minimum absolute atomic E-state index is 0.0853. The first-order valence-electron chi connectivity index (χ1n) is 9.45. The van der Waals surface area contributed by atoms with E-state index in [0.29, 0.717) is 0 Å². The number of nitrogens with zero attached hydrogens (tertiary/aromatic N) is 1. The molecule has 0 bridgehead atoms. The SMILES string of the molecule is N#Cc1cc(I)ccc1OP(=O)(NCC(=O)OCC1C=CC=CC1)Oc1ccccc1. The van der Waals surface area contributed by atoms with Crippen molar-refractivity contribution in [1.29, 1.82) is 5.26 Å². The highest BCUT2D eigenvalue weighted by atomic mass is 127. The molecule has 0 radical (unpaired) electrons. The largest absolute Gasteiger partial charge is 0.513 e. The molecule has 0 amide bonds. The van der Waals surface area contributed by atoms with E-state index in [1.807, 2.05) is 30.4 Å². The number of nitrogens with one attached hydrogen (secondary N) is 1. The smallest absolute Gasteiger partial charge is 0.464 e. The van der Waals surface area contributed by atoms with Gasteiger partial charge in [0.05, 0.1) is 12.2 Å². The number of benzene rings is 2. The van der Waals surface area contributed by atoms with Crippen molar-refractivity contribution < 1.29 is 23.1 Å².